The minimum absolute atomic E-state index is 0.0854. The summed E-state index contributed by atoms with van der Waals surface area (Å²) in [6.07, 6.45) is 0.0854. The molecule has 0 fully saturated rings. The lowest BCUT2D eigenvalue weighted by molar-refractivity contribution is 0.0986. The van der Waals surface area contributed by atoms with Gasteiger partial charge in [0.25, 0.3) is 0 Å². The van der Waals surface area contributed by atoms with E-state index in [1.807, 2.05) is 0 Å². The maximum absolute atomic E-state index is 13.2. The van der Waals surface area contributed by atoms with Crippen LogP contribution in [0.15, 0.2) is 89.8 Å². The minimum Gasteiger partial charge on any atom is -0.293 e. The molecule has 0 amide bonds. The Morgan fingerprint density at radius 3 is 1.92 bits per heavy atom. The molecule has 132 valence electrons. The molecule has 5 heteroatoms. The van der Waals surface area contributed by atoms with Crippen LogP contribution in [0.1, 0.15) is 15.9 Å². The molecule has 0 radical (unpaired) electrons. The molecular weight excluding hydrogens is 368 g/mol. The summed E-state index contributed by atoms with van der Waals surface area (Å²) >= 11 is 5.91. The molecule has 0 saturated heterocycles. The molecule has 0 spiro atoms. The molecular formula is C21H17ClO3S. The number of halogens is 1. The van der Waals surface area contributed by atoms with Crippen molar-refractivity contribution in [2.24, 2.45) is 0 Å². The van der Waals surface area contributed by atoms with Crippen LogP contribution >= 0.6 is 11.6 Å². The number of benzene rings is 3. The molecule has 3 rings (SSSR count). The van der Waals surface area contributed by atoms with Gasteiger partial charge >= 0.3 is 0 Å². The first-order chi connectivity index (χ1) is 12.5. The molecule has 0 aliphatic rings. The molecule has 0 N–H and O–H groups in total. The minimum atomic E-state index is -3.84. The van der Waals surface area contributed by atoms with Gasteiger partial charge in [0.05, 0.1) is 4.90 Å². The molecule has 3 aromatic carbocycles. The van der Waals surface area contributed by atoms with Gasteiger partial charge in [0, 0.05) is 10.6 Å². The fraction of sp³-hybridized carbons (Fsp3) is 0.0952. The predicted molar refractivity (Wildman–Crippen MR) is 103 cm³/mol. The van der Waals surface area contributed by atoms with Gasteiger partial charge in [-0.2, -0.15) is 0 Å². The van der Waals surface area contributed by atoms with E-state index in [-0.39, 0.29) is 11.3 Å². The number of hydrogen-bond acceptors (Lipinski definition) is 3. The van der Waals surface area contributed by atoms with Crippen LogP contribution in [0.5, 0.6) is 0 Å². The largest absolute Gasteiger partial charge is 0.293 e. The van der Waals surface area contributed by atoms with Crippen LogP contribution in [0.3, 0.4) is 0 Å². The third-order valence-corrected chi connectivity index (χ3v) is 6.44. The zero-order valence-electron chi connectivity index (χ0n) is 13.9. The molecule has 1 unspecified atom stereocenters. The molecule has 3 aromatic rings. The number of ketones is 1. The first-order valence-electron chi connectivity index (χ1n) is 8.11. The van der Waals surface area contributed by atoms with E-state index in [1.54, 1.807) is 72.8 Å². The highest BCUT2D eigenvalue weighted by Crippen LogP contribution is 2.23. The molecule has 0 heterocycles. The van der Waals surface area contributed by atoms with Gasteiger partial charge in [0.2, 0.25) is 0 Å². The summed E-state index contributed by atoms with van der Waals surface area (Å²) in [4.78, 5) is 13.2. The molecule has 3 nitrogen and oxygen atoms in total. The van der Waals surface area contributed by atoms with Crippen molar-refractivity contribution in [2.75, 3.05) is 0 Å². The third-order valence-electron chi connectivity index (χ3n) is 4.13. The highest BCUT2D eigenvalue weighted by atomic mass is 35.5. The summed E-state index contributed by atoms with van der Waals surface area (Å²) < 4.78 is 26.3. The number of Topliss-reactive ketones (excluding diaryl/α,β-unsaturated/α-hetero) is 1. The van der Waals surface area contributed by atoms with Crippen molar-refractivity contribution in [3.05, 3.63) is 101 Å². The lowest BCUT2D eigenvalue weighted by Gasteiger charge is -2.17. The summed E-state index contributed by atoms with van der Waals surface area (Å²) in [5, 5.41) is -0.640. The maximum Gasteiger partial charge on any atom is 0.189 e. The lowest BCUT2D eigenvalue weighted by atomic mass is 10.0. The summed E-state index contributed by atoms with van der Waals surface area (Å²) in [6.45, 7) is 0. The fourth-order valence-electron chi connectivity index (χ4n) is 2.74. The fourth-order valence-corrected chi connectivity index (χ4v) is 4.56. The standard InChI is InChI=1S/C21H17ClO3S/c22-18-13-11-16(12-14-18)15-20(21(23)17-7-3-1-4-8-17)26(24,25)19-9-5-2-6-10-19/h1-14,20H,15H2. The SMILES string of the molecule is O=C(c1ccccc1)C(Cc1ccc(Cl)cc1)S(=O)(=O)c1ccccc1. The van der Waals surface area contributed by atoms with Gasteiger partial charge in [0.15, 0.2) is 15.6 Å². The van der Waals surface area contributed by atoms with Gasteiger partial charge in [-0.3, -0.25) is 4.79 Å². The average Bonchev–Trinajstić information content (AvgIpc) is 2.68. The van der Waals surface area contributed by atoms with Crippen molar-refractivity contribution in [2.45, 2.75) is 16.6 Å². The highest BCUT2D eigenvalue weighted by molar-refractivity contribution is 7.92. The van der Waals surface area contributed by atoms with Gasteiger partial charge in [-0.1, -0.05) is 72.3 Å². The second kappa shape index (κ2) is 7.85. The summed E-state index contributed by atoms with van der Waals surface area (Å²) in [7, 11) is -3.84. The van der Waals surface area contributed by atoms with Crippen molar-refractivity contribution < 1.29 is 13.2 Å². The predicted octanol–water partition coefficient (Wildman–Crippen LogP) is 4.61. The number of rotatable bonds is 6. The zero-order chi connectivity index (χ0) is 18.6. The first kappa shape index (κ1) is 18.4. The van der Waals surface area contributed by atoms with E-state index in [0.717, 1.165) is 5.56 Å². The summed E-state index contributed by atoms with van der Waals surface area (Å²) in [6, 6.07) is 23.5. The topological polar surface area (TPSA) is 51.2 Å². The van der Waals surface area contributed by atoms with Gasteiger partial charge < -0.3 is 0 Å². The van der Waals surface area contributed by atoms with E-state index in [2.05, 4.69) is 0 Å². The van der Waals surface area contributed by atoms with Crippen LogP contribution < -0.4 is 0 Å². The Morgan fingerprint density at radius 1 is 0.808 bits per heavy atom. The van der Waals surface area contributed by atoms with Gasteiger partial charge in [0.1, 0.15) is 5.25 Å². The molecule has 0 aliphatic heterocycles. The van der Waals surface area contributed by atoms with Crippen LogP contribution in [0.4, 0.5) is 0 Å². The summed E-state index contributed by atoms with van der Waals surface area (Å²) in [5.74, 6) is -0.413. The molecule has 26 heavy (non-hydrogen) atoms. The van der Waals surface area contributed by atoms with Crippen LogP contribution in [-0.2, 0) is 16.3 Å². The Balaban J connectivity index is 2.04. The van der Waals surface area contributed by atoms with Gasteiger partial charge in [-0.25, -0.2) is 8.42 Å². The Kier molecular flexibility index (Phi) is 5.55. The van der Waals surface area contributed by atoms with E-state index in [1.165, 1.54) is 12.1 Å². The summed E-state index contributed by atoms with van der Waals surface area (Å²) in [5.41, 5.74) is 1.12. The molecule has 1 atom stereocenters. The van der Waals surface area contributed by atoms with Crippen LogP contribution in [0.25, 0.3) is 0 Å². The Hall–Kier alpha value is -2.43. The van der Waals surface area contributed by atoms with E-state index < -0.39 is 20.9 Å². The quantitative estimate of drug-likeness (QED) is 0.583. The molecule has 0 aliphatic carbocycles. The van der Waals surface area contributed by atoms with Gasteiger partial charge in [-0.05, 0) is 36.2 Å². The second-order valence-corrected chi connectivity index (χ2v) is 8.47. The number of hydrogen-bond donors (Lipinski definition) is 0. The Bertz CT molecular complexity index is 982. The Morgan fingerprint density at radius 2 is 1.35 bits per heavy atom. The van der Waals surface area contributed by atoms with E-state index in [4.69, 9.17) is 11.6 Å². The van der Waals surface area contributed by atoms with Crippen molar-refractivity contribution >= 4 is 27.2 Å². The number of carbonyl (C=O) groups excluding carboxylic acids is 1. The van der Waals surface area contributed by atoms with Crippen LogP contribution in [0.2, 0.25) is 5.02 Å². The highest BCUT2D eigenvalue weighted by Gasteiger charge is 2.34. The Labute approximate surface area is 158 Å². The number of sulfone groups is 1. The first-order valence-corrected chi connectivity index (χ1v) is 10.0. The maximum atomic E-state index is 13.2. The van der Waals surface area contributed by atoms with E-state index in [0.29, 0.717) is 10.6 Å². The van der Waals surface area contributed by atoms with Crippen molar-refractivity contribution in [1.29, 1.82) is 0 Å². The zero-order valence-corrected chi connectivity index (χ0v) is 15.5. The lowest BCUT2D eigenvalue weighted by Crippen LogP contribution is -2.32. The molecule has 0 bridgehead atoms. The van der Waals surface area contributed by atoms with E-state index in [9.17, 15) is 13.2 Å². The van der Waals surface area contributed by atoms with Crippen molar-refractivity contribution in [1.82, 2.24) is 0 Å². The van der Waals surface area contributed by atoms with Gasteiger partial charge in [-0.15, -0.1) is 0 Å². The third kappa shape index (κ3) is 4.03. The molecule has 0 aromatic heterocycles. The smallest absolute Gasteiger partial charge is 0.189 e. The van der Waals surface area contributed by atoms with Crippen LogP contribution in [-0.4, -0.2) is 19.5 Å². The van der Waals surface area contributed by atoms with E-state index >= 15 is 0 Å². The molecule has 0 saturated carbocycles. The second-order valence-electron chi connectivity index (χ2n) is 5.91. The van der Waals surface area contributed by atoms with Crippen molar-refractivity contribution in [3.8, 4) is 0 Å². The normalized spacial score (nSPS) is 12.5. The van der Waals surface area contributed by atoms with Crippen molar-refractivity contribution in [3.63, 3.8) is 0 Å². The average molecular weight is 385 g/mol. The number of carbonyl (C=O) groups is 1. The monoisotopic (exact) mass is 384 g/mol. The van der Waals surface area contributed by atoms with Crippen LogP contribution in [0, 0.1) is 0 Å².